The Labute approximate surface area is 101 Å². The molecule has 0 bridgehead atoms. The maximum absolute atomic E-state index is 12.0. The quantitative estimate of drug-likeness (QED) is 0.521. The van der Waals surface area contributed by atoms with Crippen LogP contribution in [0.1, 0.15) is 19.8 Å². The molecule has 2 N–H and O–H groups in total. The molecule has 17 heavy (non-hydrogen) atoms. The molecule has 2 unspecified atom stereocenters. The molecule has 0 radical (unpaired) electrons. The molecule has 1 aliphatic heterocycles. The van der Waals surface area contributed by atoms with Crippen LogP contribution in [0.3, 0.4) is 0 Å². The summed E-state index contributed by atoms with van der Waals surface area (Å²) >= 11 is 0. The lowest BCUT2D eigenvalue weighted by atomic mass is 9.92. The van der Waals surface area contributed by atoms with Crippen molar-refractivity contribution >= 4 is 11.8 Å². The second-order valence-electron chi connectivity index (χ2n) is 4.20. The van der Waals surface area contributed by atoms with E-state index in [2.05, 4.69) is 11.9 Å². The van der Waals surface area contributed by atoms with Gasteiger partial charge in [0.15, 0.2) is 0 Å². The molecule has 0 saturated carbocycles. The molecule has 1 saturated heterocycles. The predicted molar refractivity (Wildman–Crippen MR) is 64.2 cm³/mol. The third kappa shape index (κ3) is 3.30. The van der Waals surface area contributed by atoms with Crippen LogP contribution in [0.2, 0.25) is 0 Å². The van der Waals surface area contributed by atoms with Gasteiger partial charge in [-0.1, -0.05) is 13.0 Å². The van der Waals surface area contributed by atoms with E-state index < -0.39 is 12.0 Å². The Bertz CT molecular complexity index is 304. The Hall–Kier alpha value is -1.36. The summed E-state index contributed by atoms with van der Waals surface area (Å²) in [5.41, 5.74) is 0. The number of rotatable bonds is 5. The van der Waals surface area contributed by atoms with Crippen LogP contribution in [0.4, 0.5) is 0 Å². The summed E-state index contributed by atoms with van der Waals surface area (Å²) in [6.07, 6.45) is 1.99. The molecule has 0 aliphatic carbocycles. The third-order valence-electron chi connectivity index (χ3n) is 2.84. The van der Waals surface area contributed by atoms with Gasteiger partial charge in [-0.3, -0.25) is 9.59 Å². The number of hydrogen-bond donors (Lipinski definition) is 2. The number of carbonyl (C=O) groups excluding carboxylic acids is 2. The molecule has 2 atom stereocenters. The molecule has 2 amide bonds. The Morgan fingerprint density at radius 2 is 2.41 bits per heavy atom. The normalized spacial score (nSPS) is 24.6. The van der Waals surface area contributed by atoms with Crippen LogP contribution < -0.4 is 5.32 Å². The molecule has 1 rings (SSSR count). The lowest BCUT2D eigenvalue weighted by Gasteiger charge is -2.34. The van der Waals surface area contributed by atoms with Crippen LogP contribution in [0.15, 0.2) is 12.7 Å². The van der Waals surface area contributed by atoms with Crippen molar-refractivity contribution in [3.05, 3.63) is 12.7 Å². The van der Waals surface area contributed by atoms with Gasteiger partial charge in [0.2, 0.25) is 11.8 Å². The number of amides is 2. The second-order valence-corrected chi connectivity index (χ2v) is 4.20. The summed E-state index contributed by atoms with van der Waals surface area (Å²) < 4.78 is 0. The van der Waals surface area contributed by atoms with Crippen molar-refractivity contribution in [2.75, 3.05) is 19.6 Å². The van der Waals surface area contributed by atoms with E-state index in [4.69, 9.17) is 0 Å². The number of nitrogens with one attached hydrogen (secondary N) is 1. The maximum atomic E-state index is 12.0. The molecule has 1 aliphatic rings. The van der Waals surface area contributed by atoms with Crippen LogP contribution in [-0.4, -0.2) is 47.6 Å². The minimum atomic E-state index is -0.963. The van der Waals surface area contributed by atoms with Crippen molar-refractivity contribution in [3.8, 4) is 0 Å². The van der Waals surface area contributed by atoms with Gasteiger partial charge in [0, 0.05) is 19.6 Å². The van der Waals surface area contributed by atoms with Gasteiger partial charge in [-0.05, 0) is 12.8 Å². The van der Waals surface area contributed by atoms with Crippen molar-refractivity contribution in [2.45, 2.75) is 25.9 Å². The number of likely N-dealkylation sites (tertiary alicyclic amines) is 1. The molecule has 1 heterocycles. The number of hydrogen-bond acceptors (Lipinski definition) is 3. The Kier molecular flexibility index (Phi) is 5.15. The zero-order chi connectivity index (χ0) is 12.8. The van der Waals surface area contributed by atoms with Crippen LogP contribution in [-0.2, 0) is 9.59 Å². The summed E-state index contributed by atoms with van der Waals surface area (Å²) in [6, 6.07) is 0. The minimum Gasteiger partial charge on any atom is -0.392 e. The van der Waals surface area contributed by atoms with Gasteiger partial charge in [-0.2, -0.15) is 0 Å². The molecule has 0 aromatic heterocycles. The van der Waals surface area contributed by atoms with Crippen LogP contribution in [0.25, 0.3) is 0 Å². The number of nitrogens with zero attached hydrogens (tertiary/aromatic N) is 1. The summed E-state index contributed by atoms with van der Waals surface area (Å²) in [7, 11) is 0. The third-order valence-corrected chi connectivity index (χ3v) is 2.84. The van der Waals surface area contributed by atoms with Crippen molar-refractivity contribution < 1.29 is 14.7 Å². The molecular formula is C12H20N2O3. The van der Waals surface area contributed by atoms with Crippen LogP contribution in [0, 0.1) is 5.92 Å². The Balaban J connectivity index is 2.69. The first-order chi connectivity index (χ1) is 8.11. The lowest BCUT2D eigenvalue weighted by molar-refractivity contribution is -0.151. The first-order valence-corrected chi connectivity index (χ1v) is 5.97. The zero-order valence-corrected chi connectivity index (χ0v) is 10.2. The van der Waals surface area contributed by atoms with E-state index >= 15 is 0 Å². The molecule has 0 aromatic rings. The van der Waals surface area contributed by atoms with Gasteiger partial charge in [0.1, 0.15) is 5.92 Å². The van der Waals surface area contributed by atoms with Gasteiger partial charge in [-0.15, -0.1) is 6.58 Å². The molecule has 1 fully saturated rings. The fraction of sp³-hybridized carbons (Fsp3) is 0.667. The number of carbonyl (C=O) groups is 2. The Morgan fingerprint density at radius 1 is 1.71 bits per heavy atom. The predicted octanol–water partition coefficient (Wildman–Crippen LogP) is -0.0920. The van der Waals surface area contributed by atoms with Crippen molar-refractivity contribution in [1.82, 2.24) is 10.2 Å². The van der Waals surface area contributed by atoms with E-state index in [1.807, 2.05) is 6.92 Å². The van der Waals surface area contributed by atoms with Crippen molar-refractivity contribution in [3.63, 3.8) is 0 Å². The first-order valence-electron chi connectivity index (χ1n) is 5.97. The topological polar surface area (TPSA) is 69.6 Å². The monoisotopic (exact) mass is 240 g/mol. The smallest absolute Gasteiger partial charge is 0.238 e. The van der Waals surface area contributed by atoms with Crippen molar-refractivity contribution in [1.29, 1.82) is 0 Å². The number of aliphatic hydroxyl groups is 1. The largest absolute Gasteiger partial charge is 0.392 e. The molecule has 0 aromatic carbocycles. The average molecular weight is 240 g/mol. The molecule has 5 nitrogen and oxygen atoms in total. The van der Waals surface area contributed by atoms with E-state index in [-0.39, 0.29) is 11.8 Å². The van der Waals surface area contributed by atoms with Crippen LogP contribution >= 0.6 is 0 Å². The molecular weight excluding hydrogens is 220 g/mol. The highest BCUT2D eigenvalue weighted by atomic mass is 16.3. The number of aliphatic hydroxyl groups excluding tert-OH is 1. The highest BCUT2D eigenvalue weighted by molar-refractivity contribution is 6.01. The highest BCUT2D eigenvalue weighted by Gasteiger charge is 2.39. The summed E-state index contributed by atoms with van der Waals surface area (Å²) in [5.74, 6) is -1.65. The van der Waals surface area contributed by atoms with Gasteiger partial charge >= 0.3 is 0 Å². The van der Waals surface area contributed by atoms with Gasteiger partial charge in [-0.25, -0.2) is 0 Å². The second kappa shape index (κ2) is 6.39. The summed E-state index contributed by atoms with van der Waals surface area (Å²) in [6.45, 7) is 6.92. The van der Waals surface area contributed by atoms with E-state index in [0.29, 0.717) is 26.1 Å². The molecule has 0 spiro atoms. The van der Waals surface area contributed by atoms with Gasteiger partial charge in [0.05, 0.1) is 6.10 Å². The fourth-order valence-corrected chi connectivity index (χ4v) is 1.91. The van der Waals surface area contributed by atoms with Crippen LogP contribution in [0.5, 0.6) is 0 Å². The Morgan fingerprint density at radius 3 is 3.00 bits per heavy atom. The summed E-state index contributed by atoms with van der Waals surface area (Å²) in [4.78, 5) is 25.3. The average Bonchev–Trinajstić information content (AvgIpc) is 2.30. The molecule has 5 heteroatoms. The number of piperidine rings is 1. The SMILES string of the molecule is C=CCN1CCC(O)C(C(=O)NCCC)C1=O. The highest BCUT2D eigenvalue weighted by Crippen LogP contribution is 2.19. The van der Waals surface area contributed by atoms with Gasteiger partial charge < -0.3 is 15.3 Å². The first kappa shape index (κ1) is 13.7. The summed E-state index contributed by atoms with van der Waals surface area (Å²) in [5, 5.41) is 12.4. The van der Waals surface area contributed by atoms with E-state index in [0.717, 1.165) is 6.42 Å². The lowest BCUT2D eigenvalue weighted by Crippen LogP contribution is -2.53. The van der Waals surface area contributed by atoms with Gasteiger partial charge in [0.25, 0.3) is 0 Å². The fourth-order valence-electron chi connectivity index (χ4n) is 1.91. The minimum absolute atomic E-state index is 0.308. The van der Waals surface area contributed by atoms with E-state index in [1.54, 1.807) is 11.0 Å². The molecule has 96 valence electrons. The zero-order valence-electron chi connectivity index (χ0n) is 10.2. The maximum Gasteiger partial charge on any atom is 0.238 e. The van der Waals surface area contributed by atoms with E-state index in [1.165, 1.54) is 0 Å². The van der Waals surface area contributed by atoms with Crippen molar-refractivity contribution in [2.24, 2.45) is 5.92 Å². The van der Waals surface area contributed by atoms with E-state index in [9.17, 15) is 14.7 Å². The standard InChI is InChI=1S/C12H20N2O3/c1-3-6-13-11(16)10-9(15)5-8-14(7-4-2)12(10)17/h4,9-10,15H,2-3,5-8H2,1H3,(H,13,16).